The maximum Gasteiger partial charge on any atom is 0.249 e. The Bertz CT molecular complexity index is 582. The molecule has 2 heterocycles. The van der Waals surface area contributed by atoms with Crippen LogP contribution in [0.1, 0.15) is 25.7 Å². The Kier molecular flexibility index (Phi) is 3.69. The fourth-order valence-corrected chi connectivity index (χ4v) is 2.55. The molecule has 0 aliphatic carbocycles. The summed E-state index contributed by atoms with van der Waals surface area (Å²) in [6.45, 7) is 4.72. The molecule has 0 spiro atoms. The fraction of sp³-hybridized carbons (Fsp3) is 0.467. The molecule has 106 valence electrons. The number of rotatable bonds is 3. The Hall–Kier alpha value is -1.88. The smallest absolute Gasteiger partial charge is 0.249 e. The molecule has 5 heteroatoms. The second-order valence-corrected chi connectivity index (χ2v) is 5.22. The van der Waals surface area contributed by atoms with Gasteiger partial charge in [-0.15, -0.1) is 10.2 Å². The Labute approximate surface area is 118 Å². The normalized spacial score (nSPS) is 22.7. The number of hydrogen-bond donors (Lipinski definition) is 1. The number of nitrogens with one attached hydrogen (secondary N) is 1. The summed E-state index contributed by atoms with van der Waals surface area (Å²) in [7, 11) is 0. The molecule has 5 nitrogen and oxygen atoms in total. The van der Waals surface area contributed by atoms with E-state index in [1.165, 1.54) is 0 Å². The Morgan fingerprint density at radius 2 is 2.10 bits per heavy atom. The van der Waals surface area contributed by atoms with E-state index in [2.05, 4.69) is 28.5 Å². The van der Waals surface area contributed by atoms with Crippen LogP contribution in [-0.4, -0.2) is 29.0 Å². The lowest BCUT2D eigenvalue weighted by atomic mass is 10.0. The van der Waals surface area contributed by atoms with Gasteiger partial charge in [0.05, 0.1) is 11.7 Å². The third-order valence-corrected chi connectivity index (χ3v) is 3.53. The van der Waals surface area contributed by atoms with Gasteiger partial charge in [0.15, 0.2) is 0 Å². The first kappa shape index (κ1) is 13.1. The summed E-state index contributed by atoms with van der Waals surface area (Å²) in [5, 5.41) is 11.6. The van der Waals surface area contributed by atoms with Crippen molar-refractivity contribution in [2.75, 3.05) is 11.9 Å². The molecule has 2 aromatic rings. The number of anilines is 1. The average molecular weight is 273 g/mol. The second kappa shape index (κ2) is 5.63. The Morgan fingerprint density at radius 1 is 1.25 bits per heavy atom. The first-order valence-electron chi connectivity index (χ1n) is 7.00. The summed E-state index contributed by atoms with van der Waals surface area (Å²) in [4.78, 5) is 0. The molecule has 0 saturated carbocycles. The minimum Gasteiger partial charge on any atom is -0.421 e. The SMILES string of the molecule is Cc1nnc(-c2ccccc2NC2CCOC(C)C2)o1. The molecule has 20 heavy (non-hydrogen) atoms. The minimum atomic E-state index is 0.305. The predicted octanol–water partition coefficient (Wildman–Crippen LogP) is 3.02. The number of aromatic nitrogens is 2. The van der Waals surface area contributed by atoms with Crippen molar-refractivity contribution in [3.05, 3.63) is 30.2 Å². The van der Waals surface area contributed by atoms with Gasteiger partial charge in [0.25, 0.3) is 0 Å². The quantitative estimate of drug-likeness (QED) is 0.931. The zero-order valence-corrected chi connectivity index (χ0v) is 11.8. The highest BCUT2D eigenvalue weighted by Crippen LogP contribution is 2.28. The molecule has 2 atom stereocenters. The van der Waals surface area contributed by atoms with Crippen LogP contribution in [0.15, 0.2) is 28.7 Å². The summed E-state index contributed by atoms with van der Waals surface area (Å²) in [6, 6.07) is 8.46. The van der Waals surface area contributed by atoms with Crippen LogP contribution in [0.25, 0.3) is 11.5 Å². The number of para-hydroxylation sites is 1. The van der Waals surface area contributed by atoms with Gasteiger partial charge >= 0.3 is 0 Å². The average Bonchev–Trinajstić information content (AvgIpc) is 2.86. The Morgan fingerprint density at radius 3 is 2.85 bits per heavy atom. The number of benzene rings is 1. The zero-order chi connectivity index (χ0) is 13.9. The molecule has 1 aromatic heterocycles. The van der Waals surface area contributed by atoms with Crippen molar-refractivity contribution in [3.63, 3.8) is 0 Å². The van der Waals surface area contributed by atoms with Crippen LogP contribution in [0, 0.1) is 6.92 Å². The van der Waals surface area contributed by atoms with Crippen LogP contribution in [0.4, 0.5) is 5.69 Å². The fourth-order valence-electron chi connectivity index (χ4n) is 2.55. The van der Waals surface area contributed by atoms with E-state index in [-0.39, 0.29) is 0 Å². The van der Waals surface area contributed by atoms with Crippen LogP contribution >= 0.6 is 0 Å². The highest BCUT2D eigenvalue weighted by molar-refractivity contribution is 5.72. The van der Waals surface area contributed by atoms with Gasteiger partial charge in [0, 0.05) is 25.3 Å². The highest BCUT2D eigenvalue weighted by Gasteiger charge is 2.20. The van der Waals surface area contributed by atoms with Gasteiger partial charge in [-0.1, -0.05) is 12.1 Å². The summed E-state index contributed by atoms with van der Waals surface area (Å²) >= 11 is 0. The van der Waals surface area contributed by atoms with Crippen molar-refractivity contribution in [2.24, 2.45) is 0 Å². The highest BCUT2D eigenvalue weighted by atomic mass is 16.5. The lowest BCUT2D eigenvalue weighted by Crippen LogP contribution is -2.32. The van der Waals surface area contributed by atoms with E-state index >= 15 is 0 Å². The number of nitrogens with zero attached hydrogens (tertiary/aromatic N) is 2. The van der Waals surface area contributed by atoms with Gasteiger partial charge in [0.1, 0.15) is 0 Å². The molecule has 2 unspecified atom stereocenters. The zero-order valence-electron chi connectivity index (χ0n) is 11.8. The molecule has 0 amide bonds. The molecular weight excluding hydrogens is 254 g/mol. The predicted molar refractivity (Wildman–Crippen MR) is 76.5 cm³/mol. The van der Waals surface area contributed by atoms with Crippen molar-refractivity contribution in [1.29, 1.82) is 0 Å². The molecule has 0 bridgehead atoms. The Balaban J connectivity index is 1.83. The van der Waals surface area contributed by atoms with Crippen molar-refractivity contribution in [3.8, 4) is 11.5 Å². The summed E-state index contributed by atoms with van der Waals surface area (Å²) in [5.41, 5.74) is 1.99. The van der Waals surface area contributed by atoms with Gasteiger partial charge < -0.3 is 14.5 Å². The van der Waals surface area contributed by atoms with Crippen LogP contribution in [0.3, 0.4) is 0 Å². The summed E-state index contributed by atoms with van der Waals surface area (Å²) in [6.07, 6.45) is 2.33. The minimum absolute atomic E-state index is 0.305. The number of hydrogen-bond acceptors (Lipinski definition) is 5. The molecule has 1 N–H and O–H groups in total. The van der Waals surface area contributed by atoms with E-state index < -0.39 is 0 Å². The van der Waals surface area contributed by atoms with E-state index in [4.69, 9.17) is 9.15 Å². The van der Waals surface area contributed by atoms with E-state index in [0.717, 1.165) is 30.7 Å². The standard InChI is InChI=1S/C15H19N3O2/c1-10-9-12(7-8-19-10)16-14-6-4-3-5-13(14)15-18-17-11(2)20-15/h3-6,10,12,16H,7-9H2,1-2H3. The topological polar surface area (TPSA) is 60.2 Å². The van der Waals surface area contributed by atoms with Gasteiger partial charge in [-0.3, -0.25) is 0 Å². The molecule has 1 fully saturated rings. The summed E-state index contributed by atoms with van der Waals surface area (Å²) < 4.78 is 11.1. The maximum absolute atomic E-state index is 5.58. The van der Waals surface area contributed by atoms with E-state index in [1.54, 1.807) is 6.92 Å². The molecule has 0 radical (unpaired) electrons. The third kappa shape index (κ3) is 2.82. The second-order valence-electron chi connectivity index (χ2n) is 5.22. The van der Waals surface area contributed by atoms with E-state index in [9.17, 15) is 0 Å². The van der Waals surface area contributed by atoms with Crippen molar-refractivity contribution >= 4 is 5.69 Å². The maximum atomic E-state index is 5.58. The number of aryl methyl sites for hydroxylation is 1. The number of ether oxygens (including phenoxy) is 1. The lowest BCUT2D eigenvalue weighted by Gasteiger charge is -2.29. The van der Waals surface area contributed by atoms with Crippen LogP contribution in [0.2, 0.25) is 0 Å². The van der Waals surface area contributed by atoms with Crippen LogP contribution < -0.4 is 5.32 Å². The first-order valence-corrected chi connectivity index (χ1v) is 7.00. The summed E-state index contributed by atoms with van der Waals surface area (Å²) in [5.74, 6) is 1.14. The van der Waals surface area contributed by atoms with Crippen LogP contribution in [-0.2, 0) is 4.74 Å². The van der Waals surface area contributed by atoms with E-state index in [1.807, 2.05) is 18.2 Å². The monoisotopic (exact) mass is 273 g/mol. The third-order valence-electron chi connectivity index (χ3n) is 3.53. The molecule has 1 saturated heterocycles. The molecule has 1 aromatic carbocycles. The van der Waals surface area contributed by atoms with Crippen molar-refractivity contribution in [1.82, 2.24) is 10.2 Å². The van der Waals surface area contributed by atoms with Crippen LogP contribution in [0.5, 0.6) is 0 Å². The molecule has 1 aliphatic heterocycles. The lowest BCUT2D eigenvalue weighted by molar-refractivity contribution is 0.0232. The van der Waals surface area contributed by atoms with Gasteiger partial charge in [-0.25, -0.2) is 0 Å². The van der Waals surface area contributed by atoms with Gasteiger partial charge in [-0.05, 0) is 31.9 Å². The van der Waals surface area contributed by atoms with E-state index in [0.29, 0.717) is 23.9 Å². The molecular formula is C15H19N3O2. The largest absolute Gasteiger partial charge is 0.421 e. The molecule has 3 rings (SSSR count). The van der Waals surface area contributed by atoms with Gasteiger partial charge in [0.2, 0.25) is 11.8 Å². The first-order chi connectivity index (χ1) is 9.72. The van der Waals surface area contributed by atoms with Crippen molar-refractivity contribution < 1.29 is 9.15 Å². The van der Waals surface area contributed by atoms with Crippen molar-refractivity contribution in [2.45, 2.75) is 38.8 Å². The molecule has 1 aliphatic rings. The van der Waals surface area contributed by atoms with Gasteiger partial charge in [-0.2, -0.15) is 0 Å².